The molecule has 3 aromatic carbocycles. The number of halogens is 2. The molecule has 4 saturated heterocycles. The Morgan fingerprint density at radius 2 is 1.52 bits per heavy atom. The molecule has 9 rings (SSSR count). The van der Waals surface area contributed by atoms with E-state index in [1.807, 2.05) is 75.4 Å². The van der Waals surface area contributed by atoms with Gasteiger partial charge in [-0.05, 0) is 116 Å². The van der Waals surface area contributed by atoms with Crippen molar-refractivity contribution in [3.63, 3.8) is 0 Å². The highest BCUT2D eigenvalue weighted by Crippen LogP contribution is 2.41. The van der Waals surface area contributed by atoms with Crippen LogP contribution in [0.1, 0.15) is 108 Å². The van der Waals surface area contributed by atoms with Crippen LogP contribution in [0.25, 0.3) is 0 Å². The Bertz CT molecular complexity index is 2910. The van der Waals surface area contributed by atoms with E-state index in [0.717, 1.165) is 87.3 Å². The fraction of sp³-hybridized carbons (Fsp3) is 0.585. The zero-order valence-corrected chi connectivity index (χ0v) is 50.4. The Morgan fingerprint density at radius 3 is 2.24 bits per heavy atom. The molecule has 0 radical (unpaired) electrons. The van der Waals surface area contributed by atoms with Crippen LogP contribution in [0.15, 0.2) is 79.1 Å². The normalized spacial score (nSPS) is 21.9. The SMILES string of the molecule is CC(C)C[C@H](NC(=O)[C@@H](O)[C@H](C)Cc1ccccc1)C(=O)NCCC[N+](C)=CC1C[C@@H]2CN(CC(=O)NCc3cccc(CNc4cc(N5CCC6(CC5)CN(c5cc(F)c(CN7CCC(C)(C)CC7)cc5F)CC(=O)N6)ncn4)c3)C[C@@H]2C1. The van der Waals surface area contributed by atoms with E-state index < -0.39 is 35.2 Å². The average Bonchev–Trinajstić information content (AvgIpc) is 4.08. The van der Waals surface area contributed by atoms with Crippen molar-refractivity contribution in [1.29, 1.82) is 0 Å². The number of hydrogen-bond acceptors (Lipinski definition) is 12. The Hall–Kier alpha value is -6.57. The standard InChI is InChI=1S/C65H90F2N12O5/c1-44(2)26-55(73-63(84)61(82)45(3)27-46-12-8-7-9-13-46)62(83)68-20-11-21-75(6)36-49-29-50-37-77(38-51(50)30-49)40-59(80)70-35-48-15-10-14-47(28-48)34-69-57-33-58(72-43-71-57)78-24-18-65(19-25-78)42-79(41-60(81)74-65)56-32-53(66)52(31-54(56)67)39-76-22-16-64(4,5)17-23-76/h7-10,12-15,28,31-33,36,43-45,49-51,55,61,82H,11,16-27,29-30,34-35,37-42H2,1-6H3,(H4-,68,69,70,71,72,73,74,80,81,83,84)/p+1/t45-,49?,50-,51+,55+,61+/m1/s1. The second kappa shape index (κ2) is 28.1. The van der Waals surface area contributed by atoms with Crippen LogP contribution in [0.5, 0.6) is 0 Å². The molecule has 1 unspecified atom stereocenters. The molecule has 5 fully saturated rings. The summed E-state index contributed by atoms with van der Waals surface area (Å²) in [6.45, 7) is 18.4. The van der Waals surface area contributed by atoms with Crippen LogP contribution in [-0.4, -0.2) is 156 Å². The van der Waals surface area contributed by atoms with Crippen LogP contribution in [0, 0.1) is 46.6 Å². The second-order valence-electron chi connectivity index (χ2n) is 26.2. The number of aromatic nitrogens is 2. The van der Waals surface area contributed by atoms with Crippen molar-refractivity contribution in [2.75, 3.05) is 94.2 Å². The molecule has 4 amide bonds. The monoisotopic (exact) mass is 1160 g/mol. The largest absolute Gasteiger partial charge is 0.383 e. The first-order valence-corrected chi connectivity index (χ1v) is 30.7. The van der Waals surface area contributed by atoms with Crippen LogP contribution in [0.3, 0.4) is 0 Å². The molecule has 4 aromatic rings. The molecular weight excluding hydrogens is 1070 g/mol. The maximum Gasteiger partial charge on any atom is 0.249 e. The number of carbonyl (C=O) groups excluding carboxylic acids is 4. The summed E-state index contributed by atoms with van der Waals surface area (Å²) in [5.74, 6) is 1.00. The minimum Gasteiger partial charge on any atom is -0.383 e. The summed E-state index contributed by atoms with van der Waals surface area (Å²) < 4.78 is 33.6. The van der Waals surface area contributed by atoms with Gasteiger partial charge in [-0.25, -0.2) is 23.3 Å². The molecule has 6 N–H and O–H groups in total. The van der Waals surface area contributed by atoms with Crippen LogP contribution in [0.4, 0.5) is 26.1 Å². The summed E-state index contributed by atoms with van der Waals surface area (Å²) in [5, 5.41) is 26.4. The van der Waals surface area contributed by atoms with Crippen molar-refractivity contribution in [2.24, 2.45) is 35.0 Å². The highest BCUT2D eigenvalue weighted by Gasteiger charge is 2.44. The van der Waals surface area contributed by atoms with E-state index in [0.29, 0.717) is 107 Å². The van der Waals surface area contributed by atoms with Crippen molar-refractivity contribution in [2.45, 2.75) is 130 Å². The summed E-state index contributed by atoms with van der Waals surface area (Å²) in [4.78, 5) is 70.1. The number of benzene rings is 3. The number of hydrogen-bond donors (Lipinski definition) is 6. The van der Waals surface area contributed by atoms with Crippen molar-refractivity contribution in [1.82, 2.24) is 41.0 Å². The summed E-state index contributed by atoms with van der Waals surface area (Å²) in [7, 11) is 2.09. The number of carbonyl (C=O) groups is 4. The van der Waals surface area contributed by atoms with E-state index in [1.54, 1.807) is 11.2 Å². The van der Waals surface area contributed by atoms with Gasteiger partial charge < -0.3 is 41.5 Å². The molecule has 0 bridgehead atoms. The van der Waals surface area contributed by atoms with Gasteiger partial charge in [-0.3, -0.25) is 29.0 Å². The Kier molecular flexibility index (Phi) is 20.7. The smallest absolute Gasteiger partial charge is 0.249 e. The Balaban J connectivity index is 0.658. The van der Waals surface area contributed by atoms with Gasteiger partial charge >= 0.3 is 0 Å². The third-order valence-corrected chi connectivity index (χ3v) is 18.2. The maximum atomic E-state index is 15.8. The Morgan fingerprint density at radius 1 is 0.821 bits per heavy atom. The quantitative estimate of drug-likeness (QED) is 0.0253. The summed E-state index contributed by atoms with van der Waals surface area (Å²) in [6.07, 6.45) is 9.89. The first-order chi connectivity index (χ1) is 40.2. The molecule has 1 aromatic heterocycles. The fourth-order valence-corrected chi connectivity index (χ4v) is 13.3. The van der Waals surface area contributed by atoms with E-state index >= 15 is 8.78 Å². The number of aliphatic hydroxyl groups excluding tert-OH is 1. The third kappa shape index (κ3) is 17.1. The van der Waals surface area contributed by atoms with E-state index in [-0.39, 0.29) is 47.2 Å². The topological polar surface area (TPSA) is 190 Å². The number of rotatable bonds is 24. The summed E-state index contributed by atoms with van der Waals surface area (Å²) in [6, 6.07) is 21.7. The second-order valence-corrected chi connectivity index (χ2v) is 26.2. The van der Waals surface area contributed by atoms with Crippen molar-refractivity contribution >= 4 is 47.2 Å². The highest BCUT2D eigenvalue weighted by atomic mass is 19.1. The lowest BCUT2D eigenvalue weighted by Gasteiger charge is -2.48. The predicted molar refractivity (Wildman–Crippen MR) is 324 cm³/mol. The maximum absolute atomic E-state index is 15.8. The van der Waals surface area contributed by atoms with Crippen LogP contribution < -0.4 is 36.4 Å². The molecule has 1 saturated carbocycles. The van der Waals surface area contributed by atoms with E-state index in [2.05, 4.69) is 89.0 Å². The number of piperazine rings is 1. The van der Waals surface area contributed by atoms with Gasteiger partial charge in [0.2, 0.25) is 23.6 Å². The van der Waals surface area contributed by atoms with Gasteiger partial charge in [-0.15, -0.1) is 0 Å². The van der Waals surface area contributed by atoms with Gasteiger partial charge in [-0.1, -0.05) is 89.2 Å². The van der Waals surface area contributed by atoms with Crippen LogP contribution >= 0.6 is 0 Å². The molecule has 4 aliphatic heterocycles. The van der Waals surface area contributed by atoms with Gasteiger partial charge in [0.25, 0.3) is 0 Å². The van der Waals surface area contributed by atoms with Crippen LogP contribution in [-0.2, 0) is 45.2 Å². The van der Waals surface area contributed by atoms with E-state index in [1.165, 1.54) is 12.1 Å². The predicted octanol–water partition coefficient (Wildman–Crippen LogP) is 6.53. The molecule has 454 valence electrons. The van der Waals surface area contributed by atoms with Crippen molar-refractivity contribution in [3.8, 4) is 0 Å². The number of anilines is 3. The van der Waals surface area contributed by atoms with Crippen molar-refractivity contribution < 1.29 is 37.6 Å². The minimum absolute atomic E-state index is 0.0135. The van der Waals surface area contributed by atoms with Crippen molar-refractivity contribution in [3.05, 3.63) is 113 Å². The van der Waals surface area contributed by atoms with Gasteiger partial charge in [0.15, 0.2) is 0 Å². The third-order valence-electron chi connectivity index (χ3n) is 18.2. The van der Waals surface area contributed by atoms with Gasteiger partial charge in [0.05, 0.1) is 24.3 Å². The molecule has 19 heteroatoms. The number of fused-ring (bicyclic) bond motifs is 1. The molecular formula is C65H91F2N12O5+. The average molecular weight is 1160 g/mol. The molecule has 1 aliphatic carbocycles. The minimum atomic E-state index is -1.22. The number of nitrogens with one attached hydrogen (secondary N) is 5. The molecule has 1 spiro atoms. The summed E-state index contributed by atoms with van der Waals surface area (Å²) in [5.41, 5.74) is 3.24. The number of nitrogens with zero attached hydrogens (tertiary/aromatic N) is 7. The first kappa shape index (κ1) is 62.0. The zero-order valence-electron chi connectivity index (χ0n) is 50.4. The number of amides is 4. The van der Waals surface area contributed by atoms with E-state index in [4.69, 9.17) is 0 Å². The molecule has 5 aliphatic rings. The highest BCUT2D eigenvalue weighted by molar-refractivity contribution is 5.89. The van der Waals surface area contributed by atoms with E-state index in [9.17, 15) is 24.3 Å². The summed E-state index contributed by atoms with van der Waals surface area (Å²) >= 11 is 0. The van der Waals surface area contributed by atoms with Crippen LogP contribution in [0.2, 0.25) is 0 Å². The molecule has 17 nitrogen and oxygen atoms in total. The Labute approximate surface area is 495 Å². The lowest BCUT2D eigenvalue weighted by molar-refractivity contribution is -0.495. The number of aliphatic hydroxyl groups is 1. The van der Waals surface area contributed by atoms with Gasteiger partial charge in [0, 0.05) is 88.9 Å². The van der Waals surface area contributed by atoms with Gasteiger partial charge in [0.1, 0.15) is 61.6 Å². The number of piperidine rings is 2. The lowest BCUT2D eigenvalue weighted by atomic mass is 9.82. The van der Waals surface area contributed by atoms with Gasteiger partial charge in [-0.2, -0.15) is 0 Å². The molecule has 5 heterocycles. The first-order valence-electron chi connectivity index (χ1n) is 30.7. The lowest BCUT2D eigenvalue weighted by Crippen LogP contribution is -2.66. The fourth-order valence-electron chi connectivity index (χ4n) is 13.3. The zero-order chi connectivity index (χ0) is 59.5. The molecule has 84 heavy (non-hydrogen) atoms. The number of likely N-dealkylation sites (tertiary alicyclic amines) is 2. The molecule has 6 atom stereocenters.